The molecule has 2 fully saturated rings. The minimum atomic E-state index is -0.0421. The van der Waals surface area contributed by atoms with Crippen molar-refractivity contribution >= 4 is 5.91 Å². The molecule has 40 heavy (non-hydrogen) atoms. The first kappa shape index (κ1) is 27.0. The topological polar surface area (TPSA) is 55.8 Å². The van der Waals surface area contributed by atoms with Crippen molar-refractivity contribution in [3.8, 4) is 5.75 Å². The number of phenols is 1. The molecule has 2 aliphatic heterocycles. The van der Waals surface area contributed by atoms with E-state index in [9.17, 15) is 9.90 Å². The first-order chi connectivity index (χ1) is 19.5. The van der Waals surface area contributed by atoms with Gasteiger partial charge in [0.2, 0.25) is 5.91 Å². The van der Waals surface area contributed by atoms with Crippen LogP contribution in [0.15, 0.2) is 78.9 Å². The summed E-state index contributed by atoms with van der Waals surface area (Å²) in [5.41, 5.74) is 5.36. The fourth-order valence-electron chi connectivity index (χ4n) is 7.82. The number of likely N-dealkylation sites (tertiary alicyclic amines) is 1. The summed E-state index contributed by atoms with van der Waals surface area (Å²) in [5.74, 6) is 0.922. The minimum Gasteiger partial charge on any atom is -0.508 e. The Morgan fingerprint density at radius 3 is 2.60 bits per heavy atom. The lowest BCUT2D eigenvalue weighted by atomic mass is 9.56. The molecular formula is C35H43N3O2. The second kappa shape index (κ2) is 11.8. The van der Waals surface area contributed by atoms with E-state index in [1.807, 2.05) is 30.3 Å². The molecule has 2 heterocycles. The van der Waals surface area contributed by atoms with Crippen molar-refractivity contribution in [2.75, 3.05) is 26.2 Å². The zero-order valence-corrected chi connectivity index (χ0v) is 23.8. The Morgan fingerprint density at radius 1 is 0.975 bits per heavy atom. The molecule has 1 aliphatic carbocycles. The van der Waals surface area contributed by atoms with Crippen LogP contribution in [0.1, 0.15) is 54.9 Å². The number of hydrogen-bond acceptors (Lipinski definition) is 4. The minimum absolute atomic E-state index is 0.0421. The van der Waals surface area contributed by atoms with Crippen molar-refractivity contribution in [3.63, 3.8) is 0 Å². The molecule has 3 aromatic carbocycles. The van der Waals surface area contributed by atoms with Crippen LogP contribution in [0.5, 0.6) is 5.75 Å². The van der Waals surface area contributed by atoms with Gasteiger partial charge in [-0.1, -0.05) is 73.7 Å². The van der Waals surface area contributed by atoms with Gasteiger partial charge in [-0.3, -0.25) is 14.6 Å². The van der Waals surface area contributed by atoms with Crippen LogP contribution in [0.3, 0.4) is 0 Å². The van der Waals surface area contributed by atoms with Gasteiger partial charge in [-0.2, -0.15) is 0 Å². The third-order valence-corrected chi connectivity index (χ3v) is 10.1. The number of carbonyl (C=O) groups is 1. The summed E-state index contributed by atoms with van der Waals surface area (Å²) >= 11 is 0. The van der Waals surface area contributed by atoms with E-state index in [4.69, 9.17) is 0 Å². The summed E-state index contributed by atoms with van der Waals surface area (Å²) in [5, 5.41) is 13.8. The SMILES string of the molecule is C[C@H]1[C@@H]2C[C@H](NC(=O)CCc3ccccc3)C[C@]1(c1cccc(O)c1)CCN2CCN1CCc2ccccc2C1. The number of rotatable bonds is 8. The fraction of sp³-hybridized carbons (Fsp3) is 0.457. The molecule has 5 nitrogen and oxygen atoms in total. The van der Waals surface area contributed by atoms with Gasteiger partial charge in [0.15, 0.2) is 0 Å². The number of carbonyl (C=O) groups excluding carboxylic acids is 1. The Kier molecular flexibility index (Phi) is 7.95. The average molecular weight is 538 g/mol. The van der Waals surface area contributed by atoms with Gasteiger partial charge in [0.1, 0.15) is 5.75 Å². The molecule has 0 spiro atoms. The lowest BCUT2D eigenvalue weighted by molar-refractivity contribution is -0.123. The van der Waals surface area contributed by atoms with Gasteiger partial charge in [-0.15, -0.1) is 0 Å². The van der Waals surface area contributed by atoms with Crippen LogP contribution in [-0.4, -0.2) is 59.1 Å². The van der Waals surface area contributed by atoms with Crippen molar-refractivity contribution in [1.29, 1.82) is 0 Å². The summed E-state index contributed by atoms with van der Waals surface area (Å²) in [7, 11) is 0. The molecule has 1 saturated heterocycles. The number of phenolic OH excluding ortho intramolecular Hbond substituents is 1. The Balaban J connectivity index is 1.16. The van der Waals surface area contributed by atoms with E-state index in [0.29, 0.717) is 24.1 Å². The highest BCUT2D eigenvalue weighted by Gasteiger charge is 2.52. The highest BCUT2D eigenvalue weighted by Crippen LogP contribution is 2.51. The van der Waals surface area contributed by atoms with E-state index in [1.165, 1.54) is 22.3 Å². The third-order valence-electron chi connectivity index (χ3n) is 10.1. The number of aromatic hydroxyl groups is 1. The normalized spacial score (nSPS) is 26.7. The van der Waals surface area contributed by atoms with Crippen molar-refractivity contribution in [3.05, 3.63) is 101 Å². The Morgan fingerprint density at radius 2 is 1.77 bits per heavy atom. The van der Waals surface area contributed by atoms with Gasteiger partial charge >= 0.3 is 0 Å². The summed E-state index contributed by atoms with van der Waals surface area (Å²) in [6.07, 6.45) is 5.38. The summed E-state index contributed by atoms with van der Waals surface area (Å²) in [6, 6.07) is 27.6. The first-order valence-electron chi connectivity index (χ1n) is 15.2. The number of benzene rings is 3. The zero-order chi connectivity index (χ0) is 27.5. The molecule has 3 aliphatic rings. The predicted molar refractivity (Wildman–Crippen MR) is 160 cm³/mol. The monoisotopic (exact) mass is 537 g/mol. The van der Waals surface area contributed by atoms with Crippen LogP contribution in [0.2, 0.25) is 0 Å². The third kappa shape index (κ3) is 5.68. The second-order valence-electron chi connectivity index (χ2n) is 12.3. The van der Waals surface area contributed by atoms with E-state index >= 15 is 0 Å². The quantitative estimate of drug-likeness (QED) is 0.409. The maximum atomic E-state index is 13.1. The van der Waals surface area contributed by atoms with E-state index in [2.05, 4.69) is 64.5 Å². The molecule has 0 radical (unpaired) electrons. The number of aryl methyl sites for hydroxylation is 1. The fourth-order valence-corrected chi connectivity index (χ4v) is 7.82. The van der Waals surface area contributed by atoms with Gasteiger partial charge in [0.05, 0.1) is 0 Å². The van der Waals surface area contributed by atoms with Gasteiger partial charge < -0.3 is 10.4 Å². The highest BCUT2D eigenvalue weighted by molar-refractivity contribution is 5.76. The molecule has 2 bridgehead atoms. The van der Waals surface area contributed by atoms with Gasteiger partial charge in [-0.25, -0.2) is 0 Å². The van der Waals surface area contributed by atoms with Gasteiger partial charge in [0.25, 0.3) is 0 Å². The van der Waals surface area contributed by atoms with Crippen molar-refractivity contribution in [1.82, 2.24) is 15.1 Å². The molecule has 2 N–H and O–H groups in total. The van der Waals surface area contributed by atoms with Crippen LogP contribution in [0.25, 0.3) is 0 Å². The molecule has 0 aromatic heterocycles. The molecule has 1 saturated carbocycles. The Bertz CT molecular complexity index is 1310. The first-order valence-corrected chi connectivity index (χ1v) is 15.2. The van der Waals surface area contributed by atoms with Crippen LogP contribution >= 0.6 is 0 Å². The second-order valence-corrected chi connectivity index (χ2v) is 12.3. The van der Waals surface area contributed by atoms with E-state index in [1.54, 1.807) is 6.07 Å². The number of nitrogens with zero attached hydrogens (tertiary/aromatic N) is 2. The summed E-state index contributed by atoms with van der Waals surface area (Å²) in [4.78, 5) is 18.4. The number of amides is 1. The summed E-state index contributed by atoms with van der Waals surface area (Å²) in [6.45, 7) is 7.76. The molecule has 6 rings (SSSR count). The predicted octanol–water partition coefficient (Wildman–Crippen LogP) is 5.31. The molecule has 4 atom stereocenters. The maximum absolute atomic E-state index is 13.1. The molecule has 210 valence electrons. The van der Waals surface area contributed by atoms with Crippen LogP contribution in [0.4, 0.5) is 0 Å². The maximum Gasteiger partial charge on any atom is 0.220 e. The van der Waals surface area contributed by atoms with Crippen LogP contribution in [-0.2, 0) is 29.6 Å². The molecule has 0 unspecified atom stereocenters. The molecular weight excluding hydrogens is 494 g/mol. The lowest BCUT2D eigenvalue weighted by Crippen LogP contribution is -2.63. The van der Waals surface area contributed by atoms with Gasteiger partial charge in [0, 0.05) is 50.1 Å². The van der Waals surface area contributed by atoms with Crippen molar-refractivity contribution in [2.45, 2.75) is 69.5 Å². The van der Waals surface area contributed by atoms with Gasteiger partial charge in [-0.05, 0) is 79.0 Å². The number of fused-ring (bicyclic) bond motifs is 3. The molecule has 5 heteroatoms. The molecule has 3 aromatic rings. The Labute approximate surface area is 239 Å². The van der Waals surface area contributed by atoms with E-state index < -0.39 is 0 Å². The summed E-state index contributed by atoms with van der Waals surface area (Å²) < 4.78 is 0. The number of hydrogen-bond donors (Lipinski definition) is 2. The number of nitrogens with one attached hydrogen (secondary N) is 1. The smallest absolute Gasteiger partial charge is 0.220 e. The van der Waals surface area contributed by atoms with E-state index in [-0.39, 0.29) is 17.4 Å². The van der Waals surface area contributed by atoms with Crippen molar-refractivity contribution < 1.29 is 9.90 Å². The Hall–Kier alpha value is -3.15. The number of piperidine rings is 1. The lowest BCUT2D eigenvalue weighted by Gasteiger charge is -2.58. The average Bonchev–Trinajstić information content (AvgIpc) is 2.97. The largest absolute Gasteiger partial charge is 0.508 e. The zero-order valence-electron chi connectivity index (χ0n) is 23.8. The van der Waals surface area contributed by atoms with Crippen molar-refractivity contribution in [2.24, 2.45) is 5.92 Å². The van der Waals surface area contributed by atoms with Crippen LogP contribution < -0.4 is 5.32 Å². The highest BCUT2D eigenvalue weighted by atomic mass is 16.3. The molecule has 1 amide bonds. The standard InChI is InChI=1S/C35H43N3O2/c1-26-33-23-31(36-34(40)15-14-27-8-3-2-4-9-27)24-35(26,30-12-7-13-32(39)22-30)17-19-38(33)21-20-37-18-16-28-10-5-6-11-29(28)25-37/h2-13,22,26,31,33,39H,14-21,23-25H2,1H3,(H,36,40)/t26-,31-,33-,35+/m0/s1. The van der Waals surface area contributed by atoms with E-state index in [0.717, 1.165) is 64.8 Å². The van der Waals surface area contributed by atoms with Crippen LogP contribution in [0, 0.1) is 5.92 Å².